The Balaban J connectivity index is 2.00. The fourth-order valence-electron chi connectivity index (χ4n) is 1.51. The third-order valence-corrected chi connectivity index (χ3v) is 2.41. The van der Waals surface area contributed by atoms with E-state index in [9.17, 15) is 0 Å². The molecule has 2 rings (SSSR count). The molecule has 1 aliphatic heterocycles. The van der Waals surface area contributed by atoms with Crippen LogP contribution in [0.25, 0.3) is 0 Å². The van der Waals surface area contributed by atoms with Gasteiger partial charge in [-0.05, 0) is 18.3 Å². The van der Waals surface area contributed by atoms with Crippen molar-refractivity contribution in [2.24, 2.45) is 5.41 Å². The van der Waals surface area contributed by atoms with E-state index in [-0.39, 0.29) is 0 Å². The third-order valence-electron chi connectivity index (χ3n) is 2.41. The number of nitrogens with one attached hydrogen (secondary N) is 1. The summed E-state index contributed by atoms with van der Waals surface area (Å²) in [6, 6.07) is 0. The van der Waals surface area contributed by atoms with E-state index in [4.69, 9.17) is 0 Å². The van der Waals surface area contributed by atoms with Crippen molar-refractivity contribution in [2.75, 3.05) is 13.1 Å². The standard InChI is InChI=1S/C6H11N/c1-2-6(3-1)4-7-5-6/h7H,1-5H2. The summed E-state index contributed by atoms with van der Waals surface area (Å²) in [7, 11) is 0. The van der Waals surface area contributed by atoms with Crippen LogP contribution in [-0.4, -0.2) is 13.1 Å². The molecule has 0 aromatic heterocycles. The van der Waals surface area contributed by atoms with Gasteiger partial charge in [0.2, 0.25) is 0 Å². The Labute approximate surface area is 44.1 Å². The van der Waals surface area contributed by atoms with Crippen LogP contribution < -0.4 is 5.32 Å². The fraction of sp³-hybridized carbons (Fsp3) is 1.00. The molecule has 40 valence electrons. The van der Waals surface area contributed by atoms with Crippen molar-refractivity contribution in [3.8, 4) is 0 Å². The quantitative estimate of drug-likeness (QED) is 0.470. The van der Waals surface area contributed by atoms with Gasteiger partial charge in [0.1, 0.15) is 0 Å². The highest BCUT2D eigenvalue weighted by Gasteiger charge is 2.41. The van der Waals surface area contributed by atoms with Crippen molar-refractivity contribution < 1.29 is 0 Å². The molecule has 0 amide bonds. The van der Waals surface area contributed by atoms with Gasteiger partial charge in [-0.1, -0.05) is 6.42 Å². The zero-order valence-corrected chi connectivity index (χ0v) is 4.54. The van der Waals surface area contributed by atoms with Crippen molar-refractivity contribution in [3.05, 3.63) is 0 Å². The molecule has 0 atom stereocenters. The second-order valence-corrected chi connectivity index (χ2v) is 2.96. The molecule has 0 radical (unpaired) electrons. The summed E-state index contributed by atoms with van der Waals surface area (Å²) >= 11 is 0. The van der Waals surface area contributed by atoms with Gasteiger partial charge in [-0.3, -0.25) is 0 Å². The van der Waals surface area contributed by atoms with Gasteiger partial charge in [0, 0.05) is 13.1 Å². The van der Waals surface area contributed by atoms with Gasteiger partial charge in [0.05, 0.1) is 0 Å². The van der Waals surface area contributed by atoms with Crippen LogP contribution in [0, 0.1) is 5.41 Å². The van der Waals surface area contributed by atoms with Crippen LogP contribution in [0.1, 0.15) is 19.3 Å². The smallest absolute Gasteiger partial charge is 0.00202 e. The van der Waals surface area contributed by atoms with Crippen LogP contribution in [0.5, 0.6) is 0 Å². The summed E-state index contributed by atoms with van der Waals surface area (Å²) in [6.07, 6.45) is 4.49. The lowest BCUT2D eigenvalue weighted by molar-refractivity contribution is 0.0603. The maximum atomic E-state index is 3.30. The second kappa shape index (κ2) is 1.03. The van der Waals surface area contributed by atoms with Gasteiger partial charge in [0.15, 0.2) is 0 Å². The van der Waals surface area contributed by atoms with Crippen molar-refractivity contribution in [2.45, 2.75) is 19.3 Å². The normalized spacial score (nSPS) is 34.3. The van der Waals surface area contributed by atoms with Crippen molar-refractivity contribution in [1.29, 1.82) is 0 Å². The topological polar surface area (TPSA) is 12.0 Å². The van der Waals surface area contributed by atoms with Gasteiger partial charge in [0.25, 0.3) is 0 Å². The van der Waals surface area contributed by atoms with Crippen molar-refractivity contribution in [3.63, 3.8) is 0 Å². The van der Waals surface area contributed by atoms with E-state index in [2.05, 4.69) is 5.32 Å². The van der Waals surface area contributed by atoms with Gasteiger partial charge in [-0.15, -0.1) is 0 Å². The third kappa shape index (κ3) is 0.367. The minimum absolute atomic E-state index is 0.833. The van der Waals surface area contributed by atoms with E-state index in [0.29, 0.717) is 0 Å². The first-order valence-electron chi connectivity index (χ1n) is 3.12. The fourth-order valence-corrected chi connectivity index (χ4v) is 1.51. The number of hydrogen-bond acceptors (Lipinski definition) is 1. The SMILES string of the molecule is C1CC2(C1)CNC2. The van der Waals surface area contributed by atoms with Gasteiger partial charge >= 0.3 is 0 Å². The Kier molecular flexibility index (Phi) is 0.571. The van der Waals surface area contributed by atoms with E-state index in [1.807, 2.05) is 0 Å². The largest absolute Gasteiger partial charge is 0.316 e. The average Bonchev–Trinajstić information content (AvgIpc) is 1.20. The van der Waals surface area contributed by atoms with Crippen LogP contribution in [0.15, 0.2) is 0 Å². The van der Waals surface area contributed by atoms with Crippen LogP contribution in [0.3, 0.4) is 0 Å². The predicted molar refractivity (Wildman–Crippen MR) is 29.2 cm³/mol. The van der Waals surface area contributed by atoms with E-state index >= 15 is 0 Å². The summed E-state index contributed by atoms with van der Waals surface area (Å²) in [5.41, 5.74) is 0.833. The lowest BCUT2D eigenvalue weighted by Gasteiger charge is -2.49. The molecule has 0 unspecified atom stereocenters. The molecule has 1 saturated carbocycles. The maximum Gasteiger partial charge on any atom is 0.00202 e. The summed E-state index contributed by atoms with van der Waals surface area (Å²) in [5.74, 6) is 0. The second-order valence-electron chi connectivity index (χ2n) is 2.96. The molecule has 0 aromatic carbocycles. The molecule has 1 N–H and O–H groups in total. The molecule has 1 aliphatic carbocycles. The first-order chi connectivity index (χ1) is 3.41. The molecule has 0 aromatic rings. The molecular weight excluding hydrogens is 86.1 g/mol. The molecule has 7 heavy (non-hydrogen) atoms. The van der Waals surface area contributed by atoms with Crippen molar-refractivity contribution >= 4 is 0 Å². The Hall–Kier alpha value is -0.0400. The van der Waals surface area contributed by atoms with E-state index < -0.39 is 0 Å². The maximum absolute atomic E-state index is 3.30. The first-order valence-corrected chi connectivity index (χ1v) is 3.12. The summed E-state index contributed by atoms with van der Waals surface area (Å²) in [4.78, 5) is 0. The Morgan fingerprint density at radius 1 is 1.14 bits per heavy atom. The van der Waals surface area contributed by atoms with Gasteiger partial charge < -0.3 is 5.32 Å². The van der Waals surface area contributed by atoms with Gasteiger partial charge in [-0.25, -0.2) is 0 Å². The Bertz CT molecular complexity index is 64.7. The molecule has 1 heteroatoms. The van der Waals surface area contributed by atoms with E-state index in [0.717, 1.165) is 5.41 Å². The zero-order chi connectivity index (χ0) is 4.74. The lowest BCUT2D eigenvalue weighted by atomic mass is 9.65. The highest BCUT2D eigenvalue weighted by Crippen LogP contribution is 2.43. The van der Waals surface area contributed by atoms with E-state index in [1.165, 1.54) is 32.4 Å². The molecular formula is C6H11N. The monoisotopic (exact) mass is 97.1 g/mol. The number of hydrogen-bond donors (Lipinski definition) is 1. The highest BCUT2D eigenvalue weighted by molar-refractivity contribution is 4.97. The Morgan fingerprint density at radius 3 is 1.86 bits per heavy atom. The summed E-state index contributed by atoms with van der Waals surface area (Å²) < 4.78 is 0. The van der Waals surface area contributed by atoms with Crippen molar-refractivity contribution in [1.82, 2.24) is 5.32 Å². The minimum Gasteiger partial charge on any atom is -0.316 e. The van der Waals surface area contributed by atoms with E-state index in [1.54, 1.807) is 0 Å². The van der Waals surface area contributed by atoms with Crippen LogP contribution in [-0.2, 0) is 0 Å². The molecule has 1 saturated heterocycles. The Morgan fingerprint density at radius 2 is 1.86 bits per heavy atom. The van der Waals surface area contributed by atoms with Crippen LogP contribution in [0.4, 0.5) is 0 Å². The minimum atomic E-state index is 0.833. The summed E-state index contributed by atoms with van der Waals surface area (Å²) in [6.45, 7) is 2.62. The molecule has 2 aliphatic rings. The predicted octanol–water partition coefficient (Wildman–Crippen LogP) is 0.760. The lowest BCUT2D eigenvalue weighted by Crippen LogP contribution is -2.57. The molecule has 1 heterocycles. The first kappa shape index (κ1) is 3.90. The van der Waals surface area contributed by atoms with Gasteiger partial charge in [-0.2, -0.15) is 0 Å². The molecule has 1 spiro atoms. The van der Waals surface area contributed by atoms with Crippen LogP contribution in [0.2, 0.25) is 0 Å². The average molecular weight is 97.2 g/mol. The zero-order valence-electron chi connectivity index (χ0n) is 4.54. The number of rotatable bonds is 0. The molecule has 1 nitrogen and oxygen atoms in total. The molecule has 2 fully saturated rings. The van der Waals surface area contributed by atoms with Crippen LogP contribution >= 0.6 is 0 Å². The summed E-state index contributed by atoms with van der Waals surface area (Å²) in [5, 5.41) is 3.30. The highest BCUT2D eigenvalue weighted by atomic mass is 15.0. The molecule has 0 bridgehead atoms.